The fourth-order valence-electron chi connectivity index (χ4n) is 3.52. The molecule has 2 heterocycles. The molecule has 2 aliphatic heterocycles. The second kappa shape index (κ2) is 9.30. The lowest BCUT2D eigenvalue weighted by molar-refractivity contribution is -0.130. The highest BCUT2D eigenvalue weighted by Gasteiger charge is 2.21. The lowest BCUT2D eigenvalue weighted by Crippen LogP contribution is -2.36. The summed E-state index contributed by atoms with van der Waals surface area (Å²) in [6, 6.07) is 4.18. The number of nitrogens with one attached hydrogen (secondary N) is 1. The van der Waals surface area contributed by atoms with Crippen molar-refractivity contribution in [1.82, 2.24) is 10.2 Å². The van der Waals surface area contributed by atoms with Crippen LogP contribution in [0.25, 0.3) is 0 Å². The Morgan fingerprint density at radius 3 is 2.96 bits per heavy atom. The minimum Gasteiger partial charge on any atom is -0.496 e. The fraction of sp³-hybridized carbons (Fsp3) is 0.632. The smallest absolute Gasteiger partial charge is 0.222 e. The third kappa shape index (κ3) is 5.02. The molecule has 25 heavy (non-hydrogen) atoms. The van der Waals surface area contributed by atoms with E-state index < -0.39 is 0 Å². The summed E-state index contributed by atoms with van der Waals surface area (Å²) in [7, 11) is 1.71. The molecule has 1 saturated heterocycles. The molecular weight excluding hydrogens is 340 g/mol. The van der Waals surface area contributed by atoms with Gasteiger partial charge in [0, 0.05) is 50.1 Å². The number of hydrogen-bond acceptors (Lipinski definition) is 4. The van der Waals surface area contributed by atoms with Crippen LogP contribution < -0.4 is 14.8 Å². The van der Waals surface area contributed by atoms with Crippen LogP contribution in [0, 0.1) is 0 Å². The number of carbonyl (C=O) groups excluding carboxylic acids is 1. The van der Waals surface area contributed by atoms with Gasteiger partial charge in [0.2, 0.25) is 5.91 Å². The van der Waals surface area contributed by atoms with Crippen LogP contribution in [0.15, 0.2) is 12.1 Å². The first-order valence-electron chi connectivity index (χ1n) is 9.02. The van der Waals surface area contributed by atoms with E-state index >= 15 is 0 Å². The standard InChI is InChI=1S/C19H28N2O3.ClH/c1-14-10-15-11-17(23-2)16(12-18(15)24-14)13-20-7-9-21-8-5-3-4-6-19(21)22;/h11-12,14,20H,3-10,13H2,1-2H3;1H. The number of amides is 1. The predicted octanol–water partition coefficient (Wildman–Crippen LogP) is 2.93. The number of halogens is 1. The predicted molar refractivity (Wildman–Crippen MR) is 101 cm³/mol. The molecule has 1 atom stereocenters. The number of benzene rings is 1. The van der Waals surface area contributed by atoms with E-state index in [-0.39, 0.29) is 18.5 Å². The molecule has 1 aromatic rings. The molecule has 1 fully saturated rings. The van der Waals surface area contributed by atoms with E-state index in [1.165, 1.54) is 12.0 Å². The van der Waals surface area contributed by atoms with Crippen molar-refractivity contribution in [2.45, 2.75) is 51.7 Å². The molecule has 3 rings (SSSR count). The van der Waals surface area contributed by atoms with Crippen LogP contribution in [-0.4, -0.2) is 43.7 Å². The topological polar surface area (TPSA) is 50.8 Å². The van der Waals surface area contributed by atoms with Crippen molar-refractivity contribution < 1.29 is 14.3 Å². The van der Waals surface area contributed by atoms with Crippen molar-refractivity contribution in [3.05, 3.63) is 23.3 Å². The zero-order chi connectivity index (χ0) is 16.9. The summed E-state index contributed by atoms with van der Waals surface area (Å²) in [4.78, 5) is 14.0. The maximum absolute atomic E-state index is 12.0. The van der Waals surface area contributed by atoms with Crippen LogP contribution in [0.4, 0.5) is 0 Å². The van der Waals surface area contributed by atoms with Crippen molar-refractivity contribution in [3.8, 4) is 11.5 Å². The SMILES string of the molecule is COc1cc2c(cc1CNCCN1CCCCCC1=O)OC(C)C2.Cl. The summed E-state index contributed by atoms with van der Waals surface area (Å²) in [5.74, 6) is 2.18. The normalized spacial score (nSPS) is 19.7. The van der Waals surface area contributed by atoms with Gasteiger partial charge in [0.05, 0.1) is 7.11 Å². The molecular formula is C19H29ClN2O3. The lowest BCUT2D eigenvalue weighted by Gasteiger charge is -2.21. The van der Waals surface area contributed by atoms with Crippen LogP contribution in [0.5, 0.6) is 11.5 Å². The van der Waals surface area contributed by atoms with Crippen LogP contribution in [0.3, 0.4) is 0 Å². The third-order valence-corrected chi connectivity index (χ3v) is 4.84. The second-order valence-corrected chi connectivity index (χ2v) is 6.77. The summed E-state index contributed by atoms with van der Waals surface area (Å²) in [6.07, 6.45) is 5.21. The molecule has 0 radical (unpaired) electrons. The van der Waals surface area contributed by atoms with Gasteiger partial charge in [-0.15, -0.1) is 12.4 Å². The minimum absolute atomic E-state index is 0. The number of ether oxygens (including phenoxy) is 2. The maximum Gasteiger partial charge on any atom is 0.222 e. The average Bonchev–Trinajstić information content (AvgIpc) is 2.80. The first kappa shape index (κ1) is 19.9. The molecule has 0 aromatic heterocycles. The molecule has 5 nitrogen and oxygen atoms in total. The summed E-state index contributed by atoms with van der Waals surface area (Å²) in [6.45, 7) is 5.27. The quantitative estimate of drug-likeness (QED) is 0.784. The van der Waals surface area contributed by atoms with Crippen molar-refractivity contribution in [1.29, 1.82) is 0 Å². The average molecular weight is 369 g/mol. The Balaban J connectivity index is 0.00000225. The Morgan fingerprint density at radius 2 is 2.16 bits per heavy atom. The Morgan fingerprint density at radius 1 is 1.32 bits per heavy atom. The van der Waals surface area contributed by atoms with E-state index in [0.29, 0.717) is 12.3 Å². The van der Waals surface area contributed by atoms with Gasteiger partial charge in [0.25, 0.3) is 0 Å². The van der Waals surface area contributed by atoms with Gasteiger partial charge in [-0.2, -0.15) is 0 Å². The second-order valence-electron chi connectivity index (χ2n) is 6.77. The van der Waals surface area contributed by atoms with Crippen molar-refractivity contribution in [3.63, 3.8) is 0 Å². The molecule has 6 heteroatoms. The van der Waals surface area contributed by atoms with Gasteiger partial charge in [-0.3, -0.25) is 4.79 Å². The van der Waals surface area contributed by atoms with Gasteiger partial charge in [0.1, 0.15) is 17.6 Å². The molecule has 1 amide bonds. The monoisotopic (exact) mass is 368 g/mol. The maximum atomic E-state index is 12.0. The summed E-state index contributed by atoms with van der Waals surface area (Å²) in [5.41, 5.74) is 2.32. The molecule has 140 valence electrons. The number of fused-ring (bicyclic) bond motifs is 1. The zero-order valence-corrected chi connectivity index (χ0v) is 16.0. The highest BCUT2D eigenvalue weighted by Crippen LogP contribution is 2.34. The Hall–Kier alpha value is -1.46. The minimum atomic E-state index is 0. The fourth-order valence-corrected chi connectivity index (χ4v) is 3.52. The number of carbonyl (C=O) groups is 1. The van der Waals surface area contributed by atoms with E-state index in [0.717, 1.165) is 62.5 Å². The number of hydrogen-bond donors (Lipinski definition) is 1. The van der Waals surface area contributed by atoms with Crippen LogP contribution in [0.1, 0.15) is 43.7 Å². The van der Waals surface area contributed by atoms with E-state index in [1.807, 2.05) is 4.90 Å². The molecule has 0 spiro atoms. The molecule has 0 bridgehead atoms. The molecule has 2 aliphatic rings. The first-order chi connectivity index (χ1) is 11.7. The van der Waals surface area contributed by atoms with E-state index in [2.05, 4.69) is 24.4 Å². The van der Waals surface area contributed by atoms with Gasteiger partial charge in [-0.05, 0) is 31.9 Å². The molecule has 1 N–H and O–H groups in total. The van der Waals surface area contributed by atoms with Gasteiger partial charge >= 0.3 is 0 Å². The molecule has 0 aliphatic carbocycles. The van der Waals surface area contributed by atoms with Gasteiger partial charge in [-0.25, -0.2) is 0 Å². The van der Waals surface area contributed by atoms with Gasteiger partial charge in [0.15, 0.2) is 0 Å². The Labute approximate surface area is 156 Å². The molecule has 0 saturated carbocycles. The largest absolute Gasteiger partial charge is 0.496 e. The van der Waals surface area contributed by atoms with E-state index in [9.17, 15) is 4.79 Å². The highest BCUT2D eigenvalue weighted by atomic mass is 35.5. The summed E-state index contributed by atoms with van der Waals surface area (Å²) < 4.78 is 11.4. The number of rotatable bonds is 6. The van der Waals surface area contributed by atoms with E-state index in [4.69, 9.17) is 9.47 Å². The Kier molecular flexibility index (Phi) is 7.38. The van der Waals surface area contributed by atoms with Crippen molar-refractivity contribution in [2.75, 3.05) is 26.7 Å². The summed E-state index contributed by atoms with van der Waals surface area (Å²) >= 11 is 0. The number of methoxy groups -OCH3 is 1. The van der Waals surface area contributed by atoms with Crippen LogP contribution in [-0.2, 0) is 17.8 Å². The van der Waals surface area contributed by atoms with Crippen LogP contribution in [0.2, 0.25) is 0 Å². The first-order valence-corrected chi connectivity index (χ1v) is 9.02. The highest BCUT2D eigenvalue weighted by molar-refractivity contribution is 5.85. The lowest BCUT2D eigenvalue weighted by atomic mass is 10.1. The number of nitrogens with zero attached hydrogens (tertiary/aromatic N) is 1. The van der Waals surface area contributed by atoms with Crippen molar-refractivity contribution in [2.24, 2.45) is 0 Å². The molecule has 1 aromatic carbocycles. The third-order valence-electron chi connectivity index (χ3n) is 4.84. The van der Waals surface area contributed by atoms with Crippen LogP contribution >= 0.6 is 12.4 Å². The Bertz CT molecular complexity index is 594. The zero-order valence-electron chi connectivity index (χ0n) is 15.2. The summed E-state index contributed by atoms with van der Waals surface area (Å²) in [5, 5.41) is 3.44. The van der Waals surface area contributed by atoms with Gasteiger partial charge < -0.3 is 19.7 Å². The van der Waals surface area contributed by atoms with E-state index in [1.54, 1.807) is 7.11 Å². The number of likely N-dealkylation sites (tertiary alicyclic amines) is 1. The van der Waals surface area contributed by atoms with Gasteiger partial charge in [-0.1, -0.05) is 6.42 Å². The van der Waals surface area contributed by atoms with Crippen molar-refractivity contribution >= 4 is 18.3 Å². The molecule has 1 unspecified atom stereocenters.